The fourth-order valence-corrected chi connectivity index (χ4v) is 4.14. The number of benzene rings is 3. The fourth-order valence-electron chi connectivity index (χ4n) is 4.14. The summed E-state index contributed by atoms with van der Waals surface area (Å²) in [5.74, 6) is -0.282. The van der Waals surface area contributed by atoms with E-state index in [0.717, 1.165) is 27.9 Å². The summed E-state index contributed by atoms with van der Waals surface area (Å²) in [6.07, 6.45) is 0. The number of carbonyl (C=O) groups is 2. The molecule has 168 valence electrons. The van der Waals surface area contributed by atoms with Crippen molar-refractivity contribution in [1.29, 1.82) is 0 Å². The van der Waals surface area contributed by atoms with Crippen molar-refractivity contribution in [3.8, 4) is 5.75 Å². The first-order valence-corrected chi connectivity index (χ1v) is 11.1. The molecule has 0 radical (unpaired) electrons. The molecule has 2 amide bonds. The number of para-hydroxylation sites is 2. The van der Waals surface area contributed by atoms with Crippen LogP contribution in [0, 0.1) is 27.7 Å². The molecule has 3 aromatic carbocycles. The Morgan fingerprint density at radius 3 is 2.18 bits per heavy atom. The highest BCUT2D eigenvalue weighted by molar-refractivity contribution is 6.46. The predicted octanol–water partition coefficient (Wildman–Crippen LogP) is 5.72. The van der Waals surface area contributed by atoms with Crippen molar-refractivity contribution in [2.75, 3.05) is 16.8 Å². The normalized spacial score (nSPS) is 13.7. The molecule has 0 aliphatic carbocycles. The second kappa shape index (κ2) is 8.94. The van der Waals surface area contributed by atoms with E-state index in [1.807, 2.05) is 71.0 Å². The van der Waals surface area contributed by atoms with Crippen LogP contribution >= 0.6 is 0 Å². The number of rotatable bonds is 6. The second-order valence-corrected chi connectivity index (χ2v) is 8.40. The Morgan fingerprint density at radius 2 is 1.52 bits per heavy atom. The van der Waals surface area contributed by atoms with Crippen molar-refractivity contribution in [3.05, 3.63) is 94.2 Å². The van der Waals surface area contributed by atoms with E-state index in [4.69, 9.17) is 4.74 Å². The van der Waals surface area contributed by atoms with E-state index in [1.165, 1.54) is 4.90 Å². The molecule has 4 rings (SSSR count). The molecule has 0 fully saturated rings. The molecule has 3 aromatic rings. The van der Waals surface area contributed by atoms with Crippen LogP contribution in [0.3, 0.4) is 0 Å². The van der Waals surface area contributed by atoms with Crippen molar-refractivity contribution >= 4 is 28.8 Å². The van der Waals surface area contributed by atoms with Gasteiger partial charge in [0.05, 0.1) is 17.9 Å². The van der Waals surface area contributed by atoms with Gasteiger partial charge in [0.1, 0.15) is 11.4 Å². The smallest absolute Gasteiger partial charge is 0.282 e. The summed E-state index contributed by atoms with van der Waals surface area (Å²) < 4.78 is 5.72. The van der Waals surface area contributed by atoms with Gasteiger partial charge in [0.25, 0.3) is 11.8 Å². The molecule has 0 saturated carbocycles. The van der Waals surface area contributed by atoms with Gasteiger partial charge in [-0.05, 0) is 86.7 Å². The second-order valence-electron chi connectivity index (χ2n) is 8.40. The zero-order chi connectivity index (χ0) is 23.7. The maximum absolute atomic E-state index is 13.8. The molecule has 0 saturated heterocycles. The number of hydrogen-bond donors (Lipinski definition) is 1. The van der Waals surface area contributed by atoms with Crippen LogP contribution in [-0.4, -0.2) is 18.4 Å². The molecule has 1 aliphatic rings. The molecular weight excluding hydrogens is 412 g/mol. The summed E-state index contributed by atoms with van der Waals surface area (Å²) >= 11 is 0. The van der Waals surface area contributed by atoms with Crippen LogP contribution in [0.25, 0.3) is 5.57 Å². The van der Waals surface area contributed by atoms with Crippen molar-refractivity contribution in [2.45, 2.75) is 34.6 Å². The zero-order valence-electron chi connectivity index (χ0n) is 19.7. The Hall–Kier alpha value is -3.86. The summed E-state index contributed by atoms with van der Waals surface area (Å²) in [6.45, 7) is 10.3. The number of nitrogens with one attached hydrogen (secondary N) is 1. The van der Waals surface area contributed by atoms with Gasteiger partial charge in [0, 0.05) is 5.69 Å². The molecule has 5 nitrogen and oxygen atoms in total. The van der Waals surface area contributed by atoms with Crippen LogP contribution in [0.15, 0.2) is 66.4 Å². The van der Waals surface area contributed by atoms with Gasteiger partial charge in [-0.3, -0.25) is 9.59 Å². The van der Waals surface area contributed by atoms with Crippen molar-refractivity contribution in [1.82, 2.24) is 0 Å². The maximum Gasteiger partial charge on any atom is 0.282 e. The molecule has 0 unspecified atom stereocenters. The van der Waals surface area contributed by atoms with Crippen molar-refractivity contribution < 1.29 is 14.3 Å². The summed E-state index contributed by atoms with van der Waals surface area (Å²) in [7, 11) is 0. The summed E-state index contributed by atoms with van der Waals surface area (Å²) in [5.41, 5.74) is 6.85. The molecule has 0 bridgehead atoms. The van der Waals surface area contributed by atoms with Gasteiger partial charge in [0.15, 0.2) is 0 Å². The van der Waals surface area contributed by atoms with Gasteiger partial charge in [-0.25, -0.2) is 4.90 Å². The van der Waals surface area contributed by atoms with Crippen LogP contribution in [-0.2, 0) is 9.59 Å². The molecule has 1 aliphatic heterocycles. The zero-order valence-corrected chi connectivity index (χ0v) is 19.7. The lowest BCUT2D eigenvalue weighted by Crippen LogP contribution is -2.32. The van der Waals surface area contributed by atoms with Crippen molar-refractivity contribution in [3.63, 3.8) is 0 Å². The number of aryl methyl sites for hydroxylation is 4. The highest BCUT2D eigenvalue weighted by atomic mass is 16.5. The predicted molar refractivity (Wildman–Crippen MR) is 132 cm³/mol. The van der Waals surface area contributed by atoms with Gasteiger partial charge >= 0.3 is 0 Å². The first-order chi connectivity index (χ1) is 15.8. The van der Waals surface area contributed by atoms with Crippen LogP contribution in [0.4, 0.5) is 11.4 Å². The van der Waals surface area contributed by atoms with Crippen LogP contribution < -0.4 is 15.0 Å². The van der Waals surface area contributed by atoms with Crippen LogP contribution in [0.5, 0.6) is 5.75 Å². The Balaban J connectivity index is 1.87. The highest BCUT2D eigenvalue weighted by Crippen LogP contribution is 2.38. The quantitative estimate of drug-likeness (QED) is 0.499. The Kier molecular flexibility index (Phi) is 6.05. The number of anilines is 2. The SMILES string of the molecule is CCOc1ccccc1N1C(=O)C(Nc2cc(C)cc(C)c2)=C(c2ccc(C)c(C)c2)C1=O. The Labute approximate surface area is 194 Å². The molecule has 33 heavy (non-hydrogen) atoms. The van der Waals surface area contributed by atoms with Crippen LogP contribution in [0.2, 0.25) is 0 Å². The Morgan fingerprint density at radius 1 is 0.818 bits per heavy atom. The van der Waals surface area contributed by atoms with Gasteiger partial charge in [-0.2, -0.15) is 0 Å². The van der Waals surface area contributed by atoms with E-state index >= 15 is 0 Å². The number of imide groups is 1. The molecule has 1 heterocycles. The number of amides is 2. The number of hydrogen-bond acceptors (Lipinski definition) is 4. The molecule has 5 heteroatoms. The first kappa shape index (κ1) is 22.3. The van der Waals surface area contributed by atoms with Gasteiger partial charge in [-0.1, -0.05) is 36.4 Å². The number of nitrogens with zero attached hydrogens (tertiary/aromatic N) is 1. The minimum atomic E-state index is -0.403. The fraction of sp³-hybridized carbons (Fsp3) is 0.214. The monoisotopic (exact) mass is 440 g/mol. The van der Waals surface area contributed by atoms with E-state index in [2.05, 4.69) is 11.4 Å². The van der Waals surface area contributed by atoms with E-state index in [0.29, 0.717) is 29.2 Å². The molecular formula is C28H28N2O3. The Bertz CT molecular complexity index is 1270. The third kappa shape index (κ3) is 4.27. The summed E-state index contributed by atoms with van der Waals surface area (Å²) in [4.78, 5) is 28.7. The van der Waals surface area contributed by atoms with E-state index in [-0.39, 0.29) is 11.6 Å². The van der Waals surface area contributed by atoms with E-state index in [9.17, 15) is 9.59 Å². The third-order valence-corrected chi connectivity index (χ3v) is 5.78. The minimum absolute atomic E-state index is 0.263. The minimum Gasteiger partial charge on any atom is -0.492 e. The molecule has 0 spiro atoms. The maximum atomic E-state index is 13.8. The summed E-state index contributed by atoms with van der Waals surface area (Å²) in [6, 6.07) is 18.9. The standard InChI is InChI=1S/C28H28N2O3/c1-6-33-24-10-8-7-9-23(24)30-27(31)25(21-12-11-19(4)20(5)16-21)26(28(30)32)29-22-14-17(2)13-18(3)15-22/h7-16,29H,6H2,1-5H3. The lowest BCUT2D eigenvalue weighted by atomic mass is 9.99. The average Bonchev–Trinajstić information content (AvgIpc) is 3.00. The number of ether oxygens (including phenoxy) is 1. The van der Waals surface area contributed by atoms with Gasteiger partial charge in [-0.15, -0.1) is 0 Å². The molecule has 0 aromatic heterocycles. The summed E-state index contributed by atoms with van der Waals surface area (Å²) in [5, 5.41) is 3.26. The lowest BCUT2D eigenvalue weighted by molar-refractivity contribution is -0.120. The van der Waals surface area contributed by atoms with E-state index < -0.39 is 5.91 Å². The lowest BCUT2D eigenvalue weighted by Gasteiger charge is -2.19. The average molecular weight is 441 g/mol. The molecule has 0 atom stereocenters. The van der Waals surface area contributed by atoms with E-state index in [1.54, 1.807) is 18.2 Å². The molecule has 1 N–H and O–H groups in total. The van der Waals surface area contributed by atoms with Gasteiger partial charge < -0.3 is 10.1 Å². The largest absolute Gasteiger partial charge is 0.492 e. The van der Waals surface area contributed by atoms with Crippen LogP contribution in [0.1, 0.15) is 34.7 Å². The van der Waals surface area contributed by atoms with Crippen molar-refractivity contribution in [2.24, 2.45) is 0 Å². The first-order valence-electron chi connectivity index (χ1n) is 11.1. The third-order valence-electron chi connectivity index (χ3n) is 5.78. The number of carbonyl (C=O) groups excluding carboxylic acids is 2. The van der Waals surface area contributed by atoms with Gasteiger partial charge in [0.2, 0.25) is 0 Å². The topological polar surface area (TPSA) is 58.6 Å². The highest BCUT2D eigenvalue weighted by Gasteiger charge is 2.41.